The van der Waals surface area contributed by atoms with Crippen LogP contribution in [0.5, 0.6) is 0 Å². The maximum atomic E-state index is 5.29. The van der Waals surface area contributed by atoms with Gasteiger partial charge in [0, 0.05) is 32.8 Å². The fourth-order valence-electron chi connectivity index (χ4n) is 7.46. The largest absolute Gasteiger partial charge is 0.330 e. The van der Waals surface area contributed by atoms with Gasteiger partial charge < -0.3 is 9.88 Å². The van der Waals surface area contributed by atoms with Crippen LogP contribution in [-0.2, 0) is 0 Å². The third-order valence-corrected chi connectivity index (χ3v) is 9.55. The summed E-state index contributed by atoms with van der Waals surface area (Å²) in [7, 11) is 0. The molecule has 0 saturated carbocycles. The maximum absolute atomic E-state index is 5.29. The molecule has 1 aliphatic rings. The van der Waals surface area contributed by atoms with E-state index >= 15 is 0 Å². The molecule has 3 heterocycles. The fourth-order valence-corrected chi connectivity index (χ4v) is 7.46. The molecule has 7 aromatic carbocycles. The van der Waals surface area contributed by atoms with Crippen LogP contribution in [0.25, 0.3) is 60.1 Å². The minimum atomic E-state index is -0.312. The van der Waals surface area contributed by atoms with E-state index in [2.05, 4.69) is 154 Å². The third-order valence-electron chi connectivity index (χ3n) is 9.55. The number of para-hydroxylation sites is 2. The van der Waals surface area contributed by atoms with Gasteiger partial charge in [-0.25, -0.2) is 4.99 Å². The van der Waals surface area contributed by atoms with Crippen LogP contribution in [0.2, 0.25) is 0 Å². The van der Waals surface area contributed by atoms with Crippen LogP contribution in [0.15, 0.2) is 174 Å². The number of fused-ring (bicyclic) bond motifs is 9. The average Bonchev–Trinajstić information content (AvgIpc) is 3.69. The zero-order valence-electron chi connectivity index (χ0n) is 26.0. The van der Waals surface area contributed by atoms with Crippen LogP contribution in [0.4, 0.5) is 0 Å². The van der Waals surface area contributed by atoms with Crippen molar-refractivity contribution in [2.45, 2.75) is 6.17 Å². The summed E-state index contributed by atoms with van der Waals surface area (Å²) in [6, 6.07) is 57.8. The van der Waals surface area contributed by atoms with E-state index < -0.39 is 0 Å². The normalized spacial score (nSPS) is 14.9. The quantitative estimate of drug-likeness (QED) is 0.211. The van der Waals surface area contributed by atoms with Crippen LogP contribution in [-0.4, -0.2) is 20.9 Å². The number of nitrogens with zero attached hydrogens (tertiary/aromatic N) is 4. The first-order valence-electron chi connectivity index (χ1n) is 16.3. The Balaban J connectivity index is 1.37. The Morgan fingerprint density at radius 3 is 1.94 bits per heavy atom. The number of hydrogen-bond acceptors (Lipinski definition) is 3. The predicted octanol–water partition coefficient (Wildman–Crippen LogP) is 10.00. The number of aromatic nitrogens is 2. The summed E-state index contributed by atoms with van der Waals surface area (Å²) in [5.74, 6) is 1.44. The van der Waals surface area contributed by atoms with Crippen molar-refractivity contribution < 1.29 is 0 Å². The van der Waals surface area contributed by atoms with Crippen molar-refractivity contribution in [3.63, 3.8) is 0 Å². The summed E-state index contributed by atoms with van der Waals surface area (Å²) in [6.07, 6.45) is -0.312. The van der Waals surface area contributed by atoms with Gasteiger partial charge in [-0.3, -0.25) is 4.57 Å². The van der Waals surface area contributed by atoms with Crippen molar-refractivity contribution in [2.75, 3.05) is 0 Å². The summed E-state index contributed by atoms with van der Waals surface area (Å²) >= 11 is 0. The van der Waals surface area contributed by atoms with Gasteiger partial charge in [-0.05, 0) is 40.6 Å². The van der Waals surface area contributed by atoms with Crippen LogP contribution in [0, 0.1) is 0 Å². The Kier molecular flexibility index (Phi) is 5.87. The minimum absolute atomic E-state index is 0.312. The lowest BCUT2D eigenvalue weighted by Gasteiger charge is -2.25. The van der Waals surface area contributed by atoms with Crippen LogP contribution in [0.1, 0.15) is 17.3 Å². The Morgan fingerprint density at radius 1 is 0.479 bits per heavy atom. The smallest absolute Gasteiger partial charge is 0.212 e. The van der Waals surface area contributed by atoms with E-state index in [0.717, 1.165) is 39.3 Å². The molecule has 48 heavy (non-hydrogen) atoms. The Morgan fingerprint density at radius 2 is 1.12 bits per heavy atom. The van der Waals surface area contributed by atoms with E-state index in [1.165, 1.54) is 37.8 Å². The van der Waals surface area contributed by atoms with Gasteiger partial charge in [0.15, 0.2) is 5.84 Å². The molecule has 1 aliphatic heterocycles. The number of nitrogens with one attached hydrogen (secondary N) is 1. The zero-order valence-corrected chi connectivity index (χ0v) is 26.0. The molecule has 1 atom stereocenters. The molecule has 0 bridgehead atoms. The Bertz CT molecular complexity index is 2740. The zero-order chi connectivity index (χ0) is 31.6. The van der Waals surface area contributed by atoms with Gasteiger partial charge in [-0.15, -0.1) is 0 Å². The van der Waals surface area contributed by atoms with Gasteiger partial charge in [0.05, 0.1) is 22.1 Å². The first kappa shape index (κ1) is 26.7. The predicted molar refractivity (Wildman–Crippen MR) is 199 cm³/mol. The lowest BCUT2D eigenvalue weighted by Crippen LogP contribution is -2.37. The first-order chi connectivity index (χ1) is 23.8. The molecule has 226 valence electrons. The van der Waals surface area contributed by atoms with Crippen molar-refractivity contribution in [3.05, 3.63) is 175 Å². The summed E-state index contributed by atoms with van der Waals surface area (Å²) in [4.78, 5) is 10.4. The second-order valence-corrected chi connectivity index (χ2v) is 12.3. The van der Waals surface area contributed by atoms with Crippen molar-refractivity contribution in [1.82, 2.24) is 14.5 Å². The molecule has 0 saturated heterocycles. The standard InChI is InChI=1S/C43H29N5/c1-4-15-29(16-5-1)41-44-42(30-17-6-2-7-18-30)46-43(45-41)48-36-23-13-12-22-33(36)34-25-26-35-38-32-21-11-10-14-28(32)24-27-37(38)47(40(35)39(34)48)31-19-8-3-9-20-31/h1-27,41H,(H,44,45,46). The van der Waals surface area contributed by atoms with Crippen molar-refractivity contribution in [3.8, 4) is 5.69 Å². The van der Waals surface area contributed by atoms with Crippen LogP contribution < -0.4 is 5.32 Å². The molecule has 2 aromatic heterocycles. The van der Waals surface area contributed by atoms with E-state index in [1.807, 2.05) is 24.3 Å². The van der Waals surface area contributed by atoms with Gasteiger partial charge >= 0.3 is 0 Å². The molecule has 0 spiro atoms. The second-order valence-electron chi connectivity index (χ2n) is 12.3. The highest BCUT2D eigenvalue weighted by Gasteiger charge is 2.27. The number of benzene rings is 7. The van der Waals surface area contributed by atoms with Gasteiger partial charge in [0.25, 0.3) is 0 Å². The highest BCUT2D eigenvalue weighted by atomic mass is 15.3. The number of aliphatic imine (C=N–C) groups is 2. The van der Waals surface area contributed by atoms with Gasteiger partial charge in [0.2, 0.25) is 5.96 Å². The molecule has 0 amide bonds. The van der Waals surface area contributed by atoms with Crippen LogP contribution in [0.3, 0.4) is 0 Å². The summed E-state index contributed by atoms with van der Waals surface area (Å²) < 4.78 is 4.75. The van der Waals surface area contributed by atoms with Crippen molar-refractivity contribution >= 4 is 66.2 Å². The average molecular weight is 616 g/mol. The molecule has 1 unspecified atom stereocenters. The number of hydrogen-bond donors (Lipinski definition) is 1. The molecule has 9 aromatic rings. The Hall–Kier alpha value is -6.46. The Labute approximate surface area is 276 Å². The molecular weight excluding hydrogens is 587 g/mol. The molecule has 5 nitrogen and oxygen atoms in total. The topological polar surface area (TPSA) is 46.6 Å². The number of amidine groups is 1. The summed E-state index contributed by atoms with van der Waals surface area (Å²) in [5.41, 5.74) is 7.68. The number of rotatable bonds is 3. The fraction of sp³-hybridized carbons (Fsp3) is 0.0233. The van der Waals surface area contributed by atoms with Crippen molar-refractivity contribution in [1.29, 1.82) is 0 Å². The molecule has 10 rings (SSSR count). The maximum Gasteiger partial charge on any atom is 0.212 e. The second kappa shape index (κ2) is 10.5. The lowest BCUT2D eigenvalue weighted by molar-refractivity contribution is 0.661. The van der Waals surface area contributed by atoms with Crippen molar-refractivity contribution in [2.24, 2.45) is 9.98 Å². The van der Waals surface area contributed by atoms with E-state index in [4.69, 9.17) is 9.98 Å². The summed E-state index contributed by atoms with van der Waals surface area (Å²) in [6.45, 7) is 0. The van der Waals surface area contributed by atoms with Gasteiger partial charge in [-0.2, -0.15) is 4.99 Å². The monoisotopic (exact) mass is 615 g/mol. The van der Waals surface area contributed by atoms with E-state index in [9.17, 15) is 0 Å². The molecular formula is C43H29N5. The lowest BCUT2D eigenvalue weighted by atomic mass is 10.0. The van der Waals surface area contributed by atoms with E-state index in [-0.39, 0.29) is 6.17 Å². The molecule has 1 N–H and O–H groups in total. The van der Waals surface area contributed by atoms with Gasteiger partial charge in [0.1, 0.15) is 6.17 Å². The van der Waals surface area contributed by atoms with Gasteiger partial charge in [-0.1, -0.05) is 140 Å². The highest BCUT2D eigenvalue weighted by molar-refractivity contribution is 6.30. The van der Waals surface area contributed by atoms with E-state index in [0.29, 0.717) is 5.84 Å². The highest BCUT2D eigenvalue weighted by Crippen LogP contribution is 2.42. The first-order valence-corrected chi connectivity index (χ1v) is 16.3. The van der Waals surface area contributed by atoms with E-state index in [1.54, 1.807) is 0 Å². The molecule has 0 radical (unpaired) electrons. The third kappa shape index (κ3) is 3.98. The molecule has 0 fully saturated rings. The minimum Gasteiger partial charge on any atom is -0.330 e. The van der Waals surface area contributed by atoms with Crippen LogP contribution >= 0.6 is 0 Å². The molecule has 5 heteroatoms. The SMILES string of the molecule is c1ccc(C2=NC(c3ccccc3)NC(n3c4ccccc4c4ccc5c6c7ccccc7ccc6n(-c6ccccc6)c5c43)=N2)cc1. The summed E-state index contributed by atoms with van der Waals surface area (Å²) in [5, 5.41) is 11.0. The molecule has 0 aliphatic carbocycles.